The van der Waals surface area contributed by atoms with Gasteiger partial charge in [0.25, 0.3) is 0 Å². The van der Waals surface area contributed by atoms with E-state index in [0.717, 1.165) is 12.8 Å². The van der Waals surface area contributed by atoms with Crippen LogP contribution in [0.5, 0.6) is 0 Å². The first-order chi connectivity index (χ1) is 18.7. The molecule has 0 aliphatic heterocycles. The van der Waals surface area contributed by atoms with Crippen LogP contribution in [0.3, 0.4) is 0 Å². The van der Waals surface area contributed by atoms with Gasteiger partial charge >= 0.3 is 5.97 Å². The van der Waals surface area contributed by atoms with Crippen molar-refractivity contribution in [2.75, 3.05) is 6.61 Å². The first-order valence-corrected chi connectivity index (χ1v) is 17.5. The number of carbonyl (C=O) groups is 1. The second-order valence-electron chi connectivity index (χ2n) is 12.0. The van der Waals surface area contributed by atoms with Crippen LogP contribution >= 0.6 is 0 Å². The fourth-order valence-corrected chi connectivity index (χ4v) is 5.36. The zero-order chi connectivity index (χ0) is 27.8. The van der Waals surface area contributed by atoms with E-state index < -0.39 is 0 Å². The third kappa shape index (κ3) is 29.8. The van der Waals surface area contributed by atoms with Gasteiger partial charge in [-0.1, -0.05) is 161 Å². The van der Waals surface area contributed by atoms with Crippen molar-refractivity contribution in [2.24, 2.45) is 5.92 Å². The van der Waals surface area contributed by atoms with Gasteiger partial charge in [0.05, 0.1) is 6.61 Å². The number of rotatable bonds is 31. The molecule has 0 radical (unpaired) electrons. The van der Waals surface area contributed by atoms with E-state index in [1.807, 2.05) is 0 Å². The molecule has 0 bridgehead atoms. The first kappa shape index (κ1) is 37.2. The van der Waals surface area contributed by atoms with Gasteiger partial charge in [-0.05, 0) is 50.9 Å². The van der Waals surface area contributed by atoms with Crippen LogP contribution in [0, 0.1) is 5.92 Å². The number of carbonyl (C=O) groups excluding carboxylic acids is 1. The molecule has 2 nitrogen and oxygen atoms in total. The number of unbranched alkanes of at least 4 members (excludes halogenated alkanes) is 21. The fraction of sp³-hybridized carbons (Fsp3) is 0.917. The average molecular weight is 535 g/mol. The molecule has 0 spiro atoms. The van der Waals surface area contributed by atoms with Crippen LogP contribution < -0.4 is 0 Å². The molecular formula is C36H70O2. The van der Waals surface area contributed by atoms with Crippen molar-refractivity contribution in [3.8, 4) is 0 Å². The van der Waals surface area contributed by atoms with E-state index in [-0.39, 0.29) is 5.97 Å². The van der Waals surface area contributed by atoms with Gasteiger partial charge in [-0.15, -0.1) is 0 Å². The summed E-state index contributed by atoms with van der Waals surface area (Å²) < 4.78 is 5.76. The van der Waals surface area contributed by atoms with Crippen molar-refractivity contribution in [1.29, 1.82) is 0 Å². The zero-order valence-corrected chi connectivity index (χ0v) is 26.6. The van der Waals surface area contributed by atoms with E-state index in [9.17, 15) is 4.79 Å². The lowest BCUT2D eigenvalue weighted by atomic mass is 9.95. The van der Waals surface area contributed by atoms with Crippen molar-refractivity contribution < 1.29 is 9.53 Å². The van der Waals surface area contributed by atoms with Crippen molar-refractivity contribution >= 4 is 5.97 Å². The van der Waals surface area contributed by atoms with Crippen LogP contribution in [0.15, 0.2) is 12.2 Å². The lowest BCUT2D eigenvalue weighted by Crippen LogP contribution is -2.14. The molecule has 0 aromatic carbocycles. The summed E-state index contributed by atoms with van der Waals surface area (Å²) in [6.07, 6.45) is 40.8. The van der Waals surface area contributed by atoms with Gasteiger partial charge < -0.3 is 4.74 Å². The topological polar surface area (TPSA) is 26.3 Å². The summed E-state index contributed by atoms with van der Waals surface area (Å²) in [4.78, 5) is 12.3. The normalized spacial score (nSPS) is 12.4. The molecule has 1 unspecified atom stereocenters. The molecule has 0 heterocycles. The predicted molar refractivity (Wildman–Crippen MR) is 170 cm³/mol. The number of esters is 1. The van der Waals surface area contributed by atoms with Crippen molar-refractivity contribution in [3.05, 3.63) is 12.2 Å². The average Bonchev–Trinajstić information content (AvgIpc) is 2.92. The summed E-state index contributed by atoms with van der Waals surface area (Å²) in [5.74, 6) is 0.614. The van der Waals surface area contributed by atoms with Crippen LogP contribution in [-0.2, 0) is 9.53 Å². The maximum Gasteiger partial charge on any atom is 0.305 e. The molecule has 226 valence electrons. The number of hydrogen-bond acceptors (Lipinski definition) is 2. The Kier molecular flexibility index (Phi) is 31.7. The predicted octanol–water partition coefficient (Wildman–Crippen LogP) is 12.7. The Labute approximate surface area is 240 Å². The Morgan fingerprint density at radius 2 is 0.868 bits per heavy atom. The quantitative estimate of drug-likeness (QED) is 0.0502. The van der Waals surface area contributed by atoms with Crippen molar-refractivity contribution in [2.45, 2.75) is 201 Å². The molecule has 0 aliphatic rings. The SMILES string of the molecule is CCCCCCCCC=CCCCCCCCC(=O)OCC(CCCCCCC)CCCCCCCCC. The molecule has 0 aliphatic carbocycles. The zero-order valence-electron chi connectivity index (χ0n) is 26.6. The molecule has 0 aromatic heterocycles. The molecule has 0 aromatic rings. The Balaban J connectivity index is 3.80. The van der Waals surface area contributed by atoms with Gasteiger partial charge in [0.1, 0.15) is 0 Å². The molecule has 0 saturated heterocycles. The third-order valence-corrected chi connectivity index (χ3v) is 8.05. The Morgan fingerprint density at radius 1 is 0.500 bits per heavy atom. The van der Waals surface area contributed by atoms with Gasteiger partial charge in [0, 0.05) is 6.42 Å². The highest BCUT2D eigenvalue weighted by Gasteiger charge is 2.12. The molecule has 0 rings (SSSR count). The summed E-state index contributed by atoms with van der Waals surface area (Å²) in [7, 11) is 0. The fourth-order valence-electron chi connectivity index (χ4n) is 5.36. The van der Waals surface area contributed by atoms with E-state index >= 15 is 0 Å². The molecule has 0 amide bonds. The van der Waals surface area contributed by atoms with Gasteiger partial charge in [-0.3, -0.25) is 4.79 Å². The molecule has 0 fully saturated rings. The van der Waals surface area contributed by atoms with Crippen LogP contribution in [0.2, 0.25) is 0 Å². The second kappa shape index (κ2) is 32.4. The summed E-state index contributed by atoms with van der Waals surface area (Å²) >= 11 is 0. The van der Waals surface area contributed by atoms with Gasteiger partial charge in [-0.2, -0.15) is 0 Å². The summed E-state index contributed by atoms with van der Waals surface area (Å²) in [5, 5.41) is 0. The number of allylic oxidation sites excluding steroid dienone is 2. The maximum atomic E-state index is 12.3. The van der Waals surface area contributed by atoms with Crippen LogP contribution in [0.1, 0.15) is 201 Å². The highest BCUT2D eigenvalue weighted by atomic mass is 16.5. The van der Waals surface area contributed by atoms with Gasteiger partial charge in [-0.25, -0.2) is 0 Å². The molecule has 1 atom stereocenters. The Bertz CT molecular complexity index is 484. The summed E-state index contributed by atoms with van der Waals surface area (Å²) in [6, 6.07) is 0. The minimum atomic E-state index is 0.0400. The molecule has 0 N–H and O–H groups in total. The van der Waals surface area contributed by atoms with E-state index in [0.29, 0.717) is 18.9 Å². The minimum Gasteiger partial charge on any atom is -0.465 e. The molecule has 2 heteroatoms. The number of ether oxygens (including phenoxy) is 1. The van der Waals surface area contributed by atoms with Crippen LogP contribution in [0.4, 0.5) is 0 Å². The largest absolute Gasteiger partial charge is 0.465 e. The Morgan fingerprint density at radius 3 is 1.32 bits per heavy atom. The molecular weight excluding hydrogens is 464 g/mol. The second-order valence-corrected chi connectivity index (χ2v) is 12.0. The van der Waals surface area contributed by atoms with Crippen molar-refractivity contribution in [3.63, 3.8) is 0 Å². The maximum absolute atomic E-state index is 12.3. The highest BCUT2D eigenvalue weighted by Crippen LogP contribution is 2.20. The molecule has 38 heavy (non-hydrogen) atoms. The standard InChI is InChI=1S/C36H70O2/c1-4-7-10-13-15-16-17-18-19-20-21-22-24-27-30-33-36(37)38-34-35(31-28-25-12-9-6-3)32-29-26-23-14-11-8-5-2/h18-19,35H,4-17,20-34H2,1-3H3. The van der Waals surface area contributed by atoms with Crippen LogP contribution in [-0.4, -0.2) is 12.6 Å². The molecule has 0 saturated carbocycles. The van der Waals surface area contributed by atoms with Gasteiger partial charge in [0.2, 0.25) is 0 Å². The smallest absolute Gasteiger partial charge is 0.305 e. The van der Waals surface area contributed by atoms with Crippen LogP contribution in [0.25, 0.3) is 0 Å². The van der Waals surface area contributed by atoms with E-state index in [4.69, 9.17) is 4.74 Å². The van der Waals surface area contributed by atoms with Gasteiger partial charge in [0.15, 0.2) is 0 Å². The van der Waals surface area contributed by atoms with E-state index in [1.54, 1.807) is 0 Å². The first-order valence-electron chi connectivity index (χ1n) is 17.5. The van der Waals surface area contributed by atoms with E-state index in [2.05, 4.69) is 32.9 Å². The third-order valence-electron chi connectivity index (χ3n) is 8.05. The minimum absolute atomic E-state index is 0.0400. The highest BCUT2D eigenvalue weighted by molar-refractivity contribution is 5.69. The summed E-state index contributed by atoms with van der Waals surface area (Å²) in [5.41, 5.74) is 0. The number of hydrogen-bond donors (Lipinski definition) is 0. The monoisotopic (exact) mass is 535 g/mol. The van der Waals surface area contributed by atoms with E-state index in [1.165, 1.54) is 161 Å². The lowest BCUT2D eigenvalue weighted by molar-refractivity contribution is -0.145. The van der Waals surface area contributed by atoms with Crippen molar-refractivity contribution in [1.82, 2.24) is 0 Å². The Hall–Kier alpha value is -0.790. The lowest BCUT2D eigenvalue weighted by Gasteiger charge is -2.17. The summed E-state index contributed by atoms with van der Waals surface area (Å²) in [6.45, 7) is 7.50.